The number of nitrogens with one attached hydrogen (secondary N) is 2. The molecule has 0 saturated carbocycles. The van der Waals surface area contributed by atoms with Crippen LogP contribution in [0, 0.1) is 5.92 Å². The summed E-state index contributed by atoms with van der Waals surface area (Å²) in [7, 11) is 5.93. The first-order valence-electron chi connectivity index (χ1n) is 9.90. The smallest absolute Gasteiger partial charge is 0.191 e. The molecule has 28 heavy (non-hydrogen) atoms. The number of benzene rings is 1. The summed E-state index contributed by atoms with van der Waals surface area (Å²) >= 11 is 0. The van der Waals surface area contributed by atoms with Gasteiger partial charge in [-0.3, -0.25) is 4.99 Å². The van der Waals surface area contributed by atoms with Crippen LogP contribution in [0.3, 0.4) is 0 Å². The number of rotatable bonds is 13. The molecular formula is C21H39IN4O2. The molecule has 1 aromatic carbocycles. The monoisotopic (exact) mass is 506 g/mol. The van der Waals surface area contributed by atoms with E-state index in [0.29, 0.717) is 12.5 Å². The highest BCUT2D eigenvalue weighted by atomic mass is 127. The van der Waals surface area contributed by atoms with Crippen LogP contribution in [0.4, 0.5) is 0 Å². The number of guanidine groups is 1. The van der Waals surface area contributed by atoms with Crippen molar-refractivity contribution in [1.82, 2.24) is 15.5 Å². The first-order chi connectivity index (χ1) is 13.0. The summed E-state index contributed by atoms with van der Waals surface area (Å²) < 4.78 is 11.4. The highest BCUT2D eigenvalue weighted by Crippen LogP contribution is 2.12. The van der Waals surface area contributed by atoms with Crippen LogP contribution in [0.25, 0.3) is 0 Å². The average molecular weight is 506 g/mol. The van der Waals surface area contributed by atoms with Crippen molar-refractivity contribution in [3.05, 3.63) is 29.8 Å². The SMILES string of the molecule is CN=C(NCCOCCC(C)C)NCc1ccc(OCCCN(C)C)cc1.I. The molecule has 6 nitrogen and oxygen atoms in total. The molecule has 0 radical (unpaired) electrons. The molecule has 0 heterocycles. The number of hydrogen-bond donors (Lipinski definition) is 2. The summed E-state index contributed by atoms with van der Waals surface area (Å²) in [5.74, 6) is 2.38. The Morgan fingerprint density at radius 2 is 1.79 bits per heavy atom. The van der Waals surface area contributed by atoms with Crippen LogP contribution >= 0.6 is 24.0 Å². The van der Waals surface area contributed by atoms with E-state index in [2.05, 4.69) is 60.6 Å². The fourth-order valence-electron chi connectivity index (χ4n) is 2.34. The average Bonchev–Trinajstić information content (AvgIpc) is 2.64. The van der Waals surface area contributed by atoms with Crippen molar-refractivity contribution in [1.29, 1.82) is 0 Å². The van der Waals surface area contributed by atoms with E-state index in [0.717, 1.165) is 57.4 Å². The molecule has 0 atom stereocenters. The van der Waals surface area contributed by atoms with Crippen molar-refractivity contribution < 1.29 is 9.47 Å². The first kappa shape index (κ1) is 26.9. The van der Waals surface area contributed by atoms with E-state index in [1.807, 2.05) is 12.1 Å². The normalized spacial score (nSPS) is 11.5. The highest BCUT2D eigenvalue weighted by Gasteiger charge is 2.00. The molecule has 7 heteroatoms. The summed E-state index contributed by atoms with van der Waals surface area (Å²) in [5, 5.41) is 6.58. The number of nitrogens with zero attached hydrogens (tertiary/aromatic N) is 2. The molecule has 0 unspecified atom stereocenters. The van der Waals surface area contributed by atoms with Gasteiger partial charge in [-0.2, -0.15) is 0 Å². The van der Waals surface area contributed by atoms with Crippen LogP contribution in [0.5, 0.6) is 5.75 Å². The lowest BCUT2D eigenvalue weighted by molar-refractivity contribution is 0.128. The second kappa shape index (κ2) is 16.9. The molecular weight excluding hydrogens is 467 g/mol. The molecule has 0 aliphatic heterocycles. The molecule has 162 valence electrons. The third kappa shape index (κ3) is 14.0. The molecule has 0 fully saturated rings. The predicted octanol–water partition coefficient (Wildman–Crippen LogP) is 3.36. The number of hydrogen-bond acceptors (Lipinski definition) is 4. The van der Waals surface area contributed by atoms with Crippen LogP contribution in [0.1, 0.15) is 32.3 Å². The van der Waals surface area contributed by atoms with Gasteiger partial charge in [-0.05, 0) is 50.6 Å². The Bertz CT molecular complexity index is 522. The van der Waals surface area contributed by atoms with Gasteiger partial charge in [0.1, 0.15) is 5.75 Å². The van der Waals surface area contributed by atoms with Crippen molar-refractivity contribution in [2.45, 2.75) is 33.2 Å². The van der Waals surface area contributed by atoms with E-state index in [1.54, 1.807) is 7.05 Å². The second-order valence-electron chi connectivity index (χ2n) is 7.30. The van der Waals surface area contributed by atoms with E-state index < -0.39 is 0 Å². The largest absolute Gasteiger partial charge is 0.494 e. The van der Waals surface area contributed by atoms with Crippen molar-refractivity contribution in [2.24, 2.45) is 10.9 Å². The zero-order valence-corrected chi connectivity index (χ0v) is 20.5. The number of halogens is 1. The molecule has 2 N–H and O–H groups in total. The van der Waals surface area contributed by atoms with Gasteiger partial charge in [0.25, 0.3) is 0 Å². The van der Waals surface area contributed by atoms with Gasteiger partial charge in [0.2, 0.25) is 0 Å². The van der Waals surface area contributed by atoms with Gasteiger partial charge in [-0.1, -0.05) is 26.0 Å². The minimum absolute atomic E-state index is 0. The van der Waals surface area contributed by atoms with Gasteiger partial charge in [-0.15, -0.1) is 24.0 Å². The van der Waals surface area contributed by atoms with Crippen molar-refractivity contribution >= 4 is 29.9 Å². The van der Waals surface area contributed by atoms with Gasteiger partial charge in [-0.25, -0.2) is 0 Å². The molecule has 0 aliphatic carbocycles. The van der Waals surface area contributed by atoms with Crippen LogP contribution in [-0.4, -0.2) is 64.9 Å². The standard InChI is InChI=1S/C21H38N4O2.HI/c1-18(2)11-15-26-16-12-23-21(22-3)24-17-19-7-9-20(10-8-19)27-14-6-13-25(4)5;/h7-10,18H,6,11-17H2,1-5H3,(H2,22,23,24);1H. The molecule has 0 aliphatic rings. The van der Waals surface area contributed by atoms with Crippen LogP contribution in [-0.2, 0) is 11.3 Å². The number of aliphatic imine (C=N–C) groups is 1. The Labute approximate surface area is 188 Å². The van der Waals surface area contributed by atoms with Crippen LogP contribution < -0.4 is 15.4 Å². The van der Waals surface area contributed by atoms with Crippen molar-refractivity contribution in [2.75, 3.05) is 54.1 Å². The molecule has 1 aromatic rings. The molecule has 0 amide bonds. The number of ether oxygens (including phenoxy) is 2. The van der Waals surface area contributed by atoms with Gasteiger partial charge in [0, 0.05) is 33.3 Å². The maximum Gasteiger partial charge on any atom is 0.191 e. The molecule has 0 saturated heterocycles. The molecule has 0 spiro atoms. The van der Waals surface area contributed by atoms with E-state index in [4.69, 9.17) is 9.47 Å². The zero-order valence-electron chi connectivity index (χ0n) is 18.2. The molecule has 1 rings (SSSR count). The Hall–Kier alpha value is -1.06. The first-order valence-corrected chi connectivity index (χ1v) is 9.90. The highest BCUT2D eigenvalue weighted by molar-refractivity contribution is 14.0. The summed E-state index contributed by atoms with van der Waals surface area (Å²) in [6.45, 7) is 9.16. The quantitative estimate of drug-likeness (QED) is 0.186. The summed E-state index contributed by atoms with van der Waals surface area (Å²) in [6.07, 6.45) is 2.13. The van der Waals surface area contributed by atoms with Gasteiger partial charge in [0.15, 0.2) is 5.96 Å². The van der Waals surface area contributed by atoms with E-state index in [1.165, 1.54) is 5.56 Å². The summed E-state index contributed by atoms with van der Waals surface area (Å²) in [6, 6.07) is 8.20. The lowest BCUT2D eigenvalue weighted by Crippen LogP contribution is -2.38. The summed E-state index contributed by atoms with van der Waals surface area (Å²) in [4.78, 5) is 6.40. The molecule has 0 aromatic heterocycles. The van der Waals surface area contributed by atoms with Gasteiger partial charge < -0.3 is 25.0 Å². The van der Waals surface area contributed by atoms with Crippen molar-refractivity contribution in [3.63, 3.8) is 0 Å². The van der Waals surface area contributed by atoms with Gasteiger partial charge >= 0.3 is 0 Å². The fraction of sp³-hybridized carbons (Fsp3) is 0.667. The Balaban J connectivity index is 0.00000729. The third-order valence-electron chi connectivity index (χ3n) is 4.00. The maximum absolute atomic E-state index is 5.76. The van der Waals surface area contributed by atoms with E-state index in [-0.39, 0.29) is 24.0 Å². The Morgan fingerprint density at radius 3 is 2.39 bits per heavy atom. The fourth-order valence-corrected chi connectivity index (χ4v) is 2.34. The van der Waals surface area contributed by atoms with Crippen LogP contribution in [0.2, 0.25) is 0 Å². The van der Waals surface area contributed by atoms with Crippen LogP contribution in [0.15, 0.2) is 29.3 Å². The van der Waals surface area contributed by atoms with Gasteiger partial charge in [0.05, 0.1) is 13.2 Å². The lowest BCUT2D eigenvalue weighted by Gasteiger charge is -2.13. The zero-order chi connectivity index (χ0) is 19.9. The summed E-state index contributed by atoms with van der Waals surface area (Å²) in [5.41, 5.74) is 1.19. The minimum Gasteiger partial charge on any atom is -0.494 e. The predicted molar refractivity (Wildman–Crippen MR) is 129 cm³/mol. The van der Waals surface area contributed by atoms with E-state index in [9.17, 15) is 0 Å². The lowest BCUT2D eigenvalue weighted by atomic mass is 10.1. The van der Waals surface area contributed by atoms with Crippen molar-refractivity contribution in [3.8, 4) is 5.75 Å². The Kier molecular flexibility index (Phi) is 16.2. The minimum atomic E-state index is 0. The third-order valence-corrected chi connectivity index (χ3v) is 4.00. The van der Waals surface area contributed by atoms with E-state index >= 15 is 0 Å². The molecule has 0 bridgehead atoms. The Morgan fingerprint density at radius 1 is 1.07 bits per heavy atom. The maximum atomic E-state index is 5.76. The topological polar surface area (TPSA) is 58.1 Å². The second-order valence-corrected chi connectivity index (χ2v) is 7.30.